The van der Waals surface area contributed by atoms with Gasteiger partial charge in [0.15, 0.2) is 11.5 Å². The maximum Gasteiger partial charge on any atom is 0.224 e. The van der Waals surface area contributed by atoms with Crippen molar-refractivity contribution >= 4 is 18.3 Å². The molecule has 136 valence electrons. The monoisotopic (exact) mass is 356 g/mol. The van der Waals surface area contributed by atoms with Crippen molar-refractivity contribution in [1.82, 2.24) is 10.6 Å². The molecule has 1 amide bonds. The van der Waals surface area contributed by atoms with Gasteiger partial charge in [-0.25, -0.2) is 0 Å². The number of para-hydroxylation sites is 1. The Labute approximate surface area is 150 Å². The molecule has 1 aromatic carbocycles. The van der Waals surface area contributed by atoms with Crippen molar-refractivity contribution in [3.05, 3.63) is 23.8 Å². The zero-order valence-electron chi connectivity index (χ0n) is 14.8. The van der Waals surface area contributed by atoms with Gasteiger partial charge in [-0.3, -0.25) is 4.79 Å². The third-order valence-electron chi connectivity index (χ3n) is 4.28. The fourth-order valence-corrected chi connectivity index (χ4v) is 2.92. The Hall–Kier alpha value is -1.46. The molecule has 2 N–H and O–H groups in total. The molecule has 0 bridgehead atoms. The van der Waals surface area contributed by atoms with Gasteiger partial charge in [0.05, 0.1) is 13.2 Å². The van der Waals surface area contributed by atoms with Crippen molar-refractivity contribution in [3.8, 4) is 11.5 Å². The maximum atomic E-state index is 12.1. The van der Waals surface area contributed by atoms with Gasteiger partial charge in [-0.2, -0.15) is 0 Å². The summed E-state index contributed by atoms with van der Waals surface area (Å²) in [5.41, 5.74) is 0.959. The molecule has 0 aliphatic heterocycles. The van der Waals surface area contributed by atoms with Crippen LogP contribution in [0.15, 0.2) is 18.2 Å². The second-order valence-corrected chi connectivity index (χ2v) is 6.15. The molecule has 24 heavy (non-hydrogen) atoms. The van der Waals surface area contributed by atoms with Crippen molar-refractivity contribution in [2.45, 2.75) is 45.3 Å². The predicted octanol–water partition coefficient (Wildman–Crippen LogP) is 2.91. The zero-order chi connectivity index (χ0) is 16.7. The smallest absolute Gasteiger partial charge is 0.224 e. The van der Waals surface area contributed by atoms with Crippen LogP contribution in [0.3, 0.4) is 0 Å². The summed E-state index contributed by atoms with van der Waals surface area (Å²) in [4.78, 5) is 12.1. The van der Waals surface area contributed by atoms with E-state index in [9.17, 15) is 4.79 Å². The molecule has 0 radical (unpaired) electrons. The van der Waals surface area contributed by atoms with Gasteiger partial charge >= 0.3 is 0 Å². The van der Waals surface area contributed by atoms with Crippen LogP contribution in [0.1, 0.15) is 38.2 Å². The van der Waals surface area contributed by atoms with Crippen LogP contribution in [-0.2, 0) is 11.3 Å². The number of methoxy groups -OCH3 is 1. The van der Waals surface area contributed by atoms with Crippen LogP contribution in [0, 0.1) is 5.92 Å². The second-order valence-electron chi connectivity index (χ2n) is 6.15. The van der Waals surface area contributed by atoms with Crippen LogP contribution >= 0.6 is 12.4 Å². The molecular formula is C18H29ClN2O3. The first-order chi connectivity index (χ1) is 11.2. The number of carbonyl (C=O) groups is 1. The average Bonchev–Trinajstić information content (AvgIpc) is 3.06. The quantitative estimate of drug-likeness (QED) is 0.752. The third kappa shape index (κ3) is 5.56. The van der Waals surface area contributed by atoms with Gasteiger partial charge in [-0.15, -0.1) is 12.4 Å². The Morgan fingerprint density at radius 1 is 1.33 bits per heavy atom. The van der Waals surface area contributed by atoms with E-state index < -0.39 is 0 Å². The number of carbonyl (C=O) groups excluding carboxylic acids is 1. The van der Waals surface area contributed by atoms with Crippen molar-refractivity contribution in [2.75, 3.05) is 20.7 Å². The lowest BCUT2D eigenvalue weighted by Gasteiger charge is -2.20. The fourth-order valence-electron chi connectivity index (χ4n) is 2.92. The average molecular weight is 357 g/mol. The van der Waals surface area contributed by atoms with E-state index in [4.69, 9.17) is 9.47 Å². The van der Waals surface area contributed by atoms with Crippen molar-refractivity contribution < 1.29 is 14.3 Å². The molecule has 5 nitrogen and oxygen atoms in total. The molecule has 6 heteroatoms. The van der Waals surface area contributed by atoms with Crippen LogP contribution in [0.5, 0.6) is 11.5 Å². The molecule has 1 atom stereocenters. The summed E-state index contributed by atoms with van der Waals surface area (Å²) in [6.45, 7) is 3.02. The van der Waals surface area contributed by atoms with E-state index in [1.54, 1.807) is 7.11 Å². The molecule has 1 aliphatic rings. The number of benzene rings is 1. The van der Waals surface area contributed by atoms with E-state index in [2.05, 4.69) is 10.6 Å². The lowest BCUT2D eigenvalue weighted by atomic mass is 10.1. The Kier molecular flexibility index (Phi) is 8.93. The van der Waals surface area contributed by atoms with Gasteiger partial charge in [-0.05, 0) is 38.8 Å². The van der Waals surface area contributed by atoms with Crippen LogP contribution in [0.25, 0.3) is 0 Å². The number of halogens is 1. The highest BCUT2D eigenvalue weighted by Gasteiger charge is 2.21. The molecule has 1 saturated carbocycles. The minimum Gasteiger partial charge on any atom is -0.493 e. The Balaban J connectivity index is 0.00000288. The van der Waals surface area contributed by atoms with E-state index in [1.807, 2.05) is 32.2 Å². The summed E-state index contributed by atoms with van der Waals surface area (Å²) >= 11 is 0. The lowest BCUT2D eigenvalue weighted by Crippen LogP contribution is -2.34. The number of hydrogen-bond acceptors (Lipinski definition) is 4. The molecule has 1 unspecified atom stereocenters. The first-order valence-electron chi connectivity index (χ1n) is 8.40. The van der Waals surface area contributed by atoms with Crippen LogP contribution < -0.4 is 20.1 Å². The number of nitrogens with one attached hydrogen (secondary N) is 2. The number of hydrogen-bond donors (Lipinski definition) is 2. The topological polar surface area (TPSA) is 59.6 Å². The first-order valence-corrected chi connectivity index (χ1v) is 8.40. The minimum absolute atomic E-state index is 0. The number of amides is 1. The number of ether oxygens (including phenoxy) is 2. The Morgan fingerprint density at radius 2 is 2.04 bits per heavy atom. The van der Waals surface area contributed by atoms with Gasteiger partial charge in [0.25, 0.3) is 0 Å². The van der Waals surface area contributed by atoms with Gasteiger partial charge in [0.2, 0.25) is 5.91 Å². The lowest BCUT2D eigenvalue weighted by molar-refractivity contribution is -0.124. The van der Waals surface area contributed by atoms with E-state index in [1.165, 1.54) is 12.8 Å². The zero-order valence-corrected chi connectivity index (χ0v) is 15.6. The highest BCUT2D eigenvalue weighted by atomic mass is 35.5. The van der Waals surface area contributed by atoms with Crippen LogP contribution in [0.2, 0.25) is 0 Å². The van der Waals surface area contributed by atoms with Gasteiger partial charge in [0, 0.05) is 24.6 Å². The standard InChI is InChI=1S/C18H28N2O3.ClH/c1-13(11-19-2)18(21)20-12-14-7-6-10-16(22-3)17(14)23-15-8-4-5-9-15;/h6-7,10,13,15,19H,4-5,8-9,11-12H2,1-3H3,(H,20,21);1H. The van der Waals surface area contributed by atoms with E-state index in [0.717, 1.165) is 29.9 Å². The minimum atomic E-state index is -0.0650. The summed E-state index contributed by atoms with van der Waals surface area (Å²) in [6, 6.07) is 5.81. The molecule has 1 aromatic rings. The third-order valence-corrected chi connectivity index (χ3v) is 4.28. The molecule has 0 heterocycles. The molecule has 0 aromatic heterocycles. The van der Waals surface area contributed by atoms with Gasteiger partial charge in [0.1, 0.15) is 0 Å². The largest absolute Gasteiger partial charge is 0.493 e. The molecule has 1 fully saturated rings. The van der Waals surface area contributed by atoms with Gasteiger partial charge < -0.3 is 20.1 Å². The van der Waals surface area contributed by atoms with Crippen LogP contribution in [-0.4, -0.2) is 32.7 Å². The molecule has 2 rings (SSSR count). The second kappa shape index (κ2) is 10.4. The van der Waals surface area contributed by atoms with E-state index in [0.29, 0.717) is 13.1 Å². The van der Waals surface area contributed by atoms with Crippen molar-refractivity contribution in [2.24, 2.45) is 5.92 Å². The van der Waals surface area contributed by atoms with Crippen molar-refractivity contribution in [3.63, 3.8) is 0 Å². The summed E-state index contributed by atoms with van der Waals surface area (Å²) in [5, 5.41) is 6.00. The highest BCUT2D eigenvalue weighted by Crippen LogP contribution is 2.34. The highest BCUT2D eigenvalue weighted by molar-refractivity contribution is 5.85. The Morgan fingerprint density at radius 3 is 2.67 bits per heavy atom. The number of rotatable bonds is 8. The Bertz CT molecular complexity index is 519. The maximum absolute atomic E-state index is 12.1. The summed E-state index contributed by atoms with van der Waals surface area (Å²) in [5.74, 6) is 1.47. The summed E-state index contributed by atoms with van der Waals surface area (Å²) in [6.07, 6.45) is 4.86. The molecule has 1 aliphatic carbocycles. The first kappa shape index (κ1) is 20.6. The fraction of sp³-hybridized carbons (Fsp3) is 0.611. The van der Waals surface area contributed by atoms with E-state index in [-0.39, 0.29) is 30.3 Å². The van der Waals surface area contributed by atoms with E-state index >= 15 is 0 Å². The summed E-state index contributed by atoms with van der Waals surface area (Å²) in [7, 11) is 3.49. The van der Waals surface area contributed by atoms with Crippen molar-refractivity contribution in [1.29, 1.82) is 0 Å². The molecule has 0 saturated heterocycles. The SMILES string of the molecule is CNCC(C)C(=O)NCc1cccc(OC)c1OC1CCCC1.Cl. The predicted molar refractivity (Wildman–Crippen MR) is 98.1 cm³/mol. The van der Waals surface area contributed by atoms with Gasteiger partial charge in [-0.1, -0.05) is 19.1 Å². The molecule has 0 spiro atoms. The summed E-state index contributed by atoms with van der Waals surface area (Å²) < 4.78 is 11.6. The normalized spacial score (nSPS) is 15.5. The van der Waals surface area contributed by atoms with Crippen LogP contribution in [0.4, 0.5) is 0 Å². The molecular weight excluding hydrogens is 328 g/mol.